The minimum Gasteiger partial charge on any atom is -0.445 e. The number of carbonyl (C=O) groups is 1. The van der Waals surface area contributed by atoms with Crippen molar-refractivity contribution in [3.05, 3.63) is 17.3 Å². The van der Waals surface area contributed by atoms with Crippen LogP contribution in [0.1, 0.15) is 44.5 Å². The molecule has 0 spiro atoms. The van der Waals surface area contributed by atoms with Crippen molar-refractivity contribution in [1.82, 2.24) is 9.88 Å². The van der Waals surface area contributed by atoms with Crippen molar-refractivity contribution in [2.24, 2.45) is 0 Å². The molecule has 0 bridgehead atoms. The molecule has 0 saturated heterocycles. The van der Waals surface area contributed by atoms with Gasteiger partial charge in [-0.2, -0.15) is 0 Å². The second kappa shape index (κ2) is 7.56. The van der Waals surface area contributed by atoms with Crippen molar-refractivity contribution >= 4 is 5.91 Å². The molecule has 0 radical (unpaired) electrons. The fourth-order valence-electron chi connectivity index (χ4n) is 1.96. The Morgan fingerprint density at radius 3 is 2.24 bits per heavy atom. The van der Waals surface area contributed by atoms with Gasteiger partial charge in [-0.15, -0.1) is 0 Å². The third kappa shape index (κ3) is 5.13. The first kappa shape index (κ1) is 17.7. The number of rotatable bonds is 7. The van der Waals surface area contributed by atoms with Gasteiger partial charge in [-0.1, -0.05) is 20.8 Å². The van der Waals surface area contributed by atoms with Crippen molar-refractivity contribution in [2.75, 3.05) is 26.3 Å². The zero-order valence-corrected chi connectivity index (χ0v) is 13.3. The van der Waals surface area contributed by atoms with Crippen LogP contribution in [0.5, 0.6) is 0 Å². The number of carbonyl (C=O) groups excluding carboxylic acids is 1. The van der Waals surface area contributed by atoms with E-state index in [2.05, 4.69) is 4.98 Å². The smallest absolute Gasteiger partial charge is 0.223 e. The molecule has 0 aromatic carbocycles. The SMILES string of the molecule is Cc1nc(C(C)(C)C)oc1CCC(=O)N(CCO)CCO. The lowest BCUT2D eigenvalue weighted by molar-refractivity contribution is -0.132. The van der Waals surface area contributed by atoms with Gasteiger partial charge in [0.2, 0.25) is 5.91 Å². The minimum atomic E-state index is -0.160. The topological polar surface area (TPSA) is 86.8 Å². The molecule has 0 unspecified atom stereocenters. The lowest BCUT2D eigenvalue weighted by Gasteiger charge is -2.20. The van der Waals surface area contributed by atoms with Crippen LogP contribution < -0.4 is 0 Å². The monoisotopic (exact) mass is 298 g/mol. The Morgan fingerprint density at radius 2 is 1.81 bits per heavy atom. The Bertz CT molecular complexity index is 457. The number of aliphatic hydroxyl groups excluding tert-OH is 2. The number of aromatic nitrogens is 1. The second-order valence-electron chi connectivity index (χ2n) is 6.11. The van der Waals surface area contributed by atoms with Gasteiger partial charge in [0, 0.05) is 31.3 Å². The van der Waals surface area contributed by atoms with E-state index >= 15 is 0 Å². The molecule has 0 aliphatic rings. The van der Waals surface area contributed by atoms with E-state index in [1.165, 1.54) is 4.90 Å². The van der Waals surface area contributed by atoms with Gasteiger partial charge in [0.05, 0.1) is 18.9 Å². The molecule has 6 heteroatoms. The molecule has 21 heavy (non-hydrogen) atoms. The van der Waals surface area contributed by atoms with Crippen LogP contribution in [0.3, 0.4) is 0 Å². The van der Waals surface area contributed by atoms with Crippen LogP contribution in [-0.4, -0.2) is 52.3 Å². The Balaban J connectivity index is 2.66. The average Bonchev–Trinajstić information content (AvgIpc) is 2.77. The summed E-state index contributed by atoms with van der Waals surface area (Å²) in [5, 5.41) is 17.9. The first-order chi connectivity index (χ1) is 9.79. The van der Waals surface area contributed by atoms with Gasteiger partial charge in [0.25, 0.3) is 0 Å². The van der Waals surface area contributed by atoms with Gasteiger partial charge in [-0.05, 0) is 6.92 Å². The third-order valence-electron chi connectivity index (χ3n) is 3.19. The van der Waals surface area contributed by atoms with Crippen LogP contribution in [0, 0.1) is 6.92 Å². The minimum absolute atomic E-state index is 0.105. The van der Waals surface area contributed by atoms with E-state index in [0.29, 0.717) is 12.3 Å². The summed E-state index contributed by atoms with van der Waals surface area (Å²) in [5.74, 6) is 1.29. The summed E-state index contributed by atoms with van der Waals surface area (Å²) in [6.45, 7) is 8.20. The van der Waals surface area contributed by atoms with Crippen molar-refractivity contribution in [1.29, 1.82) is 0 Å². The van der Waals surface area contributed by atoms with Crippen molar-refractivity contribution < 1.29 is 19.4 Å². The maximum atomic E-state index is 12.1. The van der Waals surface area contributed by atoms with E-state index in [9.17, 15) is 4.79 Å². The quantitative estimate of drug-likeness (QED) is 0.785. The van der Waals surface area contributed by atoms with E-state index in [1.807, 2.05) is 27.7 Å². The molecular formula is C15H26N2O4. The molecule has 1 rings (SSSR count). The third-order valence-corrected chi connectivity index (χ3v) is 3.19. The number of hydrogen-bond acceptors (Lipinski definition) is 5. The molecule has 0 aliphatic carbocycles. The zero-order valence-electron chi connectivity index (χ0n) is 13.3. The fourth-order valence-corrected chi connectivity index (χ4v) is 1.96. The molecule has 0 aliphatic heterocycles. The van der Waals surface area contributed by atoms with Crippen molar-refractivity contribution in [2.45, 2.75) is 46.0 Å². The van der Waals surface area contributed by atoms with Crippen molar-refractivity contribution in [3.63, 3.8) is 0 Å². The maximum absolute atomic E-state index is 12.1. The highest BCUT2D eigenvalue weighted by Crippen LogP contribution is 2.24. The van der Waals surface area contributed by atoms with Gasteiger partial charge in [0.15, 0.2) is 5.89 Å². The van der Waals surface area contributed by atoms with Gasteiger partial charge in [-0.3, -0.25) is 4.79 Å². The summed E-state index contributed by atoms with van der Waals surface area (Å²) >= 11 is 0. The van der Waals surface area contributed by atoms with E-state index < -0.39 is 0 Å². The molecule has 1 amide bonds. The number of amides is 1. The molecular weight excluding hydrogens is 272 g/mol. The number of nitrogens with zero attached hydrogens (tertiary/aromatic N) is 2. The van der Waals surface area contributed by atoms with Crippen LogP contribution in [0.4, 0.5) is 0 Å². The summed E-state index contributed by atoms with van der Waals surface area (Å²) < 4.78 is 5.75. The first-order valence-electron chi connectivity index (χ1n) is 7.26. The van der Waals surface area contributed by atoms with Gasteiger partial charge in [-0.25, -0.2) is 4.98 Å². The van der Waals surface area contributed by atoms with E-state index in [0.717, 1.165) is 11.5 Å². The van der Waals surface area contributed by atoms with Gasteiger partial charge < -0.3 is 19.5 Å². The molecule has 0 fully saturated rings. The van der Waals surface area contributed by atoms with Crippen LogP contribution in [0.25, 0.3) is 0 Å². The largest absolute Gasteiger partial charge is 0.445 e. The molecule has 120 valence electrons. The summed E-state index contributed by atoms with van der Waals surface area (Å²) in [4.78, 5) is 17.9. The number of hydrogen-bond donors (Lipinski definition) is 2. The number of aliphatic hydroxyl groups is 2. The highest BCUT2D eigenvalue weighted by molar-refractivity contribution is 5.76. The predicted molar refractivity (Wildman–Crippen MR) is 79.0 cm³/mol. The fraction of sp³-hybridized carbons (Fsp3) is 0.733. The van der Waals surface area contributed by atoms with Gasteiger partial charge >= 0.3 is 0 Å². The Hall–Kier alpha value is -1.40. The Kier molecular flexibility index (Phi) is 6.36. The van der Waals surface area contributed by atoms with Crippen LogP contribution >= 0.6 is 0 Å². The lowest BCUT2D eigenvalue weighted by Crippen LogP contribution is -2.36. The molecule has 0 saturated carbocycles. The van der Waals surface area contributed by atoms with E-state index in [4.69, 9.17) is 14.6 Å². The first-order valence-corrected chi connectivity index (χ1v) is 7.26. The van der Waals surface area contributed by atoms with E-state index in [-0.39, 0.29) is 44.0 Å². The summed E-state index contributed by atoms with van der Waals surface area (Å²) in [7, 11) is 0. The molecule has 0 atom stereocenters. The molecule has 2 N–H and O–H groups in total. The average molecular weight is 298 g/mol. The van der Waals surface area contributed by atoms with Crippen LogP contribution in [-0.2, 0) is 16.6 Å². The molecule has 6 nitrogen and oxygen atoms in total. The van der Waals surface area contributed by atoms with Crippen LogP contribution in [0.15, 0.2) is 4.42 Å². The standard InChI is InChI=1S/C15H26N2O4/c1-11-12(21-14(16-11)15(2,3)4)5-6-13(20)17(7-9-18)8-10-19/h18-19H,5-10H2,1-4H3. The lowest BCUT2D eigenvalue weighted by atomic mass is 9.97. The summed E-state index contributed by atoms with van der Waals surface area (Å²) in [5.41, 5.74) is 0.649. The normalized spacial score (nSPS) is 11.7. The van der Waals surface area contributed by atoms with Crippen LogP contribution in [0.2, 0.25) is 0 Å². The molecule has 1 aromatic heterocycles. The maximum Gasteiger partial charge on any atom is 0.223 e. The summed E-state index contributed by atoms with van der Waals surface area (Å²) in [6.07, 6.45) is 0.751. The Morgan fingerprint density at radius 1 is 1.24 bits per heavy atom. The molecule has 1 heterocycles. The number of aryl methyl sites for hydroxylation is 2. The number of oxazole rings is 1. The predicted octanol–water partition coefficient (Wildman–Crippen LogP) is 1.03. The molecule has 1 aromatic rings. The highest BCUT2D eigenvalue weighted by atomic mass is 16.4. The van der Waals surface area contributed by atoms with Crippen molar-refractivity contribution in [3.8, 4) is 0 Å². The highest BCUT2D eigenvalue weighted by Gasteiger charge is 2.23. The Labute approximate surface area is 125 Å². The zero-order chi connectivity index (χ0) is 16.0. The van der Waals surface area contributed by atoms with Gasteiger partial charge in [0.1, 0.15) is 5.76 Å². The second-order valence-corrected chi connectivity index (χ2v) is 6.11. The summed E-state index contributed by atoms with van der Waals surface area (Å²) in [6, 6.07) is 0. The van der Waals surface area contributed by atoms with E-state index in [1.54, 1.807) is 0 Å².